The number of amides is 1. The summed E-state index contributed by atoms with van der Waals surface area (Å²) in [6.07, 6.45) is 2.99. The maximum atomic E-state index is 12.5. The number of hydrogen-bond donors (Lipinski definition) is 2. The van der Waals surface area contributed by atoms with Gasteiger partial charge in [0, 0.05) is 11.9 Å². The molecule has 28 heavy (non-hydrogen) atoms. The summed E-state index contributed by atoms with van der Waals surface area (Å²) in [6, 6.07) is 17.1. The minimum Gasteiger partial charge on any atom is -0.465 e. The number of anilines is 3. The van der Waals surface area contributed by atoms with Crippen LogP contribution in [0.3, 0.4) is 0 Å². The van der Waals surface area contributed by atoms with Crippen molar-refractivity contribution in [3.8, 4) is 6.07 Å². The van der Waals surface area contributed by atoms with Gasteiger partial charge in [-0.3, -0.25) is 9.78 Å². The summed E-state index contributed by atoms with van der Waals surface area (Å²) in [5.74, 6) is -0.812. The number of esters is 1. The minimum absolute atomic E-state index is 0.338. The summed E-state index contributed by atoms with van der Waals surface area (Å²) in [7, 11) is 1.31. The number of nitrogens with zero attached hydrogens (tertiary/aromatic N) is 2. The van der Waals surface area contributed by atoms with E-state index < -0.39 is 5.97 Å². The number of methoxy groups -OCH3 is 1. The normalized spacial score (nSPS) is 9.86. The van der Waals surface area contributed by atoms with Crippen molar-refractivity contribution in [2.45, 2.75) is 0 Å². The zero-order chi connectivity index (χ0) is 19.9. The van der Waals surface area contributed by atoms with E-state index in [2.05, 4.69) is 15.6 Å². The van der Waals surface area contributed by atoms with Crippen LogP contribution < -0.4 is 10.6 Å². The highest BCUT2D eigenvalue weighted by Crippen LogP contribution is 2.22. The van der Waals surface area contributed by atoms with Crippen LogP contribution in [0, 0.1) is 11.3 Å². The average molecular weight is 372 g/mol. The van der Waals surface area contributed by atoms with E-state index >= 15 is 0 Å². The van der Waals surface area contributed by atoms with Gasteiger partial charge in [-0.1, -0.05) is 12.1 Å². The molecule has 2 aromatic carbocycles. The Morgan fingerprint density at radius 2 is 1.79 bits per heavy atom. The van der Waals surface area contributed by atoms with E-state index in [-0.39, 0.29) is 5.91 Å². The summed E-state index contributed by atoms with van der Waals surface area (Å²) in [6.45, 7) is 0. The van der Waals surface area contributed by atoms with Crippen molar-refractivity contribution < 1.29 is 14.3 Å². The maximum Gasteiger partial charge on any atom is 0.339 e. The molecule has 2 N–H and O–H groups in total. The van der Waals surface area contributed by atoms with E-state index in [9.17, 15) is 9.59 Å². The van der Waals surface area contributed by atoms with Gasteiger partial charge in [0.25, 0.3) is 5.91 Å². The van der Waals surface area contributed by atoms with Crippen LogP contribution in [0.5, 0.6) is 0 Å². The Hall–Kier alpha value is -4.18. The van der Waals surface area contributed by atoms with Crippen molar-refractivity contribution in [1.82, 2.24) is 4.98 Å². The zero-order valence-electron chi connectivity index (χ0n) is 15.0. The predicted octanol–water partition coefficient (Wildman–Crippen LogP) is 3.74. The monoisotopic (exact) mass is 372 g/mol. The number of ether oxygens (including phenoxy) is 1. The van der Waals surface area contributed by atoms with Gasteiger partial charge in [-0.15, -0.1) is 0 Å². The fourth-order valence-corrected chi connectivity index (χ4v) is 2.50. The second-order valence-electron chi connectivity index (χ2n) is 5.77. The van der Waals surface area contributed by atoms with Gasteiger partial charge in [0.2, 0.25) is 0 Å². The van der Waals surface area contributed by atoms with Crippen LogP contribution in [-0.2, 0) is 4.74 Å². The van der Waals surface area contributed by atoms with Gasteiger partial charge in [-0.05, 0) is 42.5 Å². The van der Waals surface area contributed by atoms with E-state index in [0.717, 1.165) is 0 Å². The van der Waals surface area contributed by atoms with Crippen molar-refractivity contribution in [3.05, 3.63) is 83.7 Å². The van der Waals surface area contributed by atoms with Crippen LogP contribution in [0.25, 0.3) is 0 Å². The number of hydrogen-bond acceptors (Lipinski definition) is 6. The Labute approximate surface area is 161 Å². The van der Waals surface area contributed by atoms with Gasteiger partial charge in [0.1, 0.15) is 0 Å². The number of benzene rings is 2. The second-order valence-corrected chi connectivity index (χ2v) is 5.77. The molecule has 0 atom stereocenters. The predicted molar refractivity (Wildman–Crippen MR) is 104 cm³/mol. The van der Waals surface area contributed by atoms with E-state index in [1.807, 2.05) is 6.07 Å². The number of nitrogens with one attached hydrogen (secondary N) is 2. The number of pyridine rings is 1. The van der Waals surface area contributed by atoms with Gasteiger partial charge < -0.3 is 15.4 Å². The lowest BCUT2D eigenvalue weighted by molar-refractivity contribution is 0.0601. The van der Waals surface area contributed by atoms with E-state index in [1.54, 1.807) is 60.8 Å². The first-order valence-corrected chi connectivity index (χ1v) is 8.31. The van der Waals surface area contributed by atoms with Gasteiger partial charge in [0.15, 0.2) is 0 Å². The van der Waals surface area contributed by atoms with E-state index in [4.69, 9.17) is 10.00 Å². The highest BCUT2D eigenvalue weighted by Gasteiger charge is 2.12. The maximum absolute atomic E-state index is 12.5. The first kappa shape index (κ1) is 18.6. The lowest BCUT2D eigenvalue weighted by Crippen LogP contribution is -2.12. The Morgan fingerprint density at radius 1 is 1.04 bits per heavy atom. The van der Waals surface area contributed by atoms with Crippen LogP contribution in [0.2, 0.25) is 0 Å². The van der Waals surface area contributed by atoms with Crippen molar-refractivity contribution in [3.63, 3.8) is 0 Å². The molecule has 0 radical (unpaired) electrons. The number of aromatic nitrogens is 1. The first-order valence-electron chi connectivity index (χ1n) is 8.31. The number of carbonyl (C=O) groups excluding carboxylic acids is 2. The van der Waals surface area contributed by atoms with Gasteiger partial charge in [-0.25, -0.2) is 4.79 Å². The average Bonchev–Trinajstić information content (AvgIpc) is 2.74. The van der Waals surface area contributed by atoms with Crippen molar-refractivity contribution in [2.24, 2.45) is 0 Å². The molecule has 0 saturated carbocycles. The van der Waals surface area contributed by atoms with E-state index in [0.29, 0.717) is 33.8 Å². The third kappa shape index (κ3) is 4.31. The molecule has 138 valence electrons. The van der Waals surface area contributed by atoms with Crippen molar-refractivity contribution in [2.75, 3.05) is 17.7 Å². The molecule has 1 heterocycles. The smallest absolute Gasteiger partial charge is 0.339 e. The molecule has 1 aromatic heterocycles. The molecule has 0 aliphatic carbocycles. The molecule has 0 fully saturated rings. The summed E-state index contributed by atoms with van der Waals surface area (Å²) in [4.78, 5) is 28.4. The fraction of sp³-hybridized carbons (Fsp3) is 0.0476. The van der Waals surface area contributed by atoms with Crippen molar-refractivity contribution >= 4 is 28.9 Å². The summed E-state index contributed by atoms with van der Waals surface area (Å²) < 4.78 is 4.78. The summed E-state index contributed by atoms with van der Waals surface area (Å²) >= 11 is 0. The molecule has 0 saturated heterocycles. The van der Waals surface area contributed by atoms with Gasteiger partial charge in [0.05, 0.1) is 47.4 Å². The lowest BCUT2D eigenvalue weighted by atomic mass is 10.1. The number of nitriles is 1. The molecule has 7 nitrogen and oxygen atoms in total. The third-order valence-corrected chi connectivity index (χ3v) is 3.88. The Bertz CT molecular complexity index is 1060. The van der Waals surface area contributed by atoms with E-state index in [1.165, 1.54) is 13.3 Å². The fourth-order valence-electron chi connectivity index (χ4n) is 2.50. The lowest BCUT2D eigenvalue weighted by Gasteiger charge is -2.11. The molecule has 0 aliphatic rings. The van der Waals surface area contributed by atoms with Gasteiger partial charge in [-0.2, -0.15) is 5.26 Å². The molecule has 0 aliphatic heterocycles. The number of para-hydroxylation sites is 1. The molecule has 0 unspecified atom stereocenters. The van der Waals surface area contributed by atoms with Crippen LogP contribution in [-0.4, -0.2) is 24.0 Å². The largest absolute Gasteiger partial charge is 0.465 e. The Balaban J connectivity index is 1.78. The highest BCUT2D eigenvalue weighted by molar-refractivity contribution is 6.04. The summed E-state index contributed by atoms with van der Waals surface area (Å²) in [5.41, 5.74) is 2.88. The standard InChI is InChI=1S/C21H16N4O3/c1-28-21(27)18-4-2-3-5-19(18)24-17-10-15(12-23-13-17)20(26)25-16-8-6-14(11-22)7-9-16/h2-10,12-13,24H,1H3,(H,25,26). The zero-order valence-corrected chi connectivity index (χ0v) is 15.0. The minimum atomic E-state index is -0.467. The van der Waals surface area contributed by atoms with Crippen molar-refractivity contribution in [1.29, 1.82) is 5.26 Å². The molecule has 7 heteroatoms. The van der Waals surface area contributed by atoms with Crippen LogP contribution in [0.15, 0.2) is 67.0 Å². The summed E-state index contributed by atoms with van der Waals surface area (Å²) in [5, 5.41) is 14.7. The molecule has 0 bridgehead atoms. The Morgan fingerprint density at radius 3 is 2.50 bits per heavy atom. The topological polar surface area (TPSA) is 104 Å². The first-order chi connectivity index (χ1) is 13.6. The quantitative estimate of drug-likeness (QED) is 0.661. The molecular weight excluding hydrogens is 356 g/mol. The van der Waals surface area contributed by atoms with Crippen LogP contribution in [0.4, 0.5) is 17.1 Å². The third-order valence-electron chi connectivity index (χ3n) is 3.88. The second kappa shape index (κ2) is 8.47. The van der Waals surface area contributed by atoms with Crippen LogP contribution in [0.1, 0.15) is 26.3 Å². The number of carbonyl (C=O) groups is 2. The SMILES string of the molecule is COC(=O)c1ccccc1Nc1cncc(C(=O)Nc2ccc(C#N)cc2)c1. The van der Waals surface area contributed by atoms with Gasteiger partial charge >= 0.3 is 5.97 Å². The Kier molecular flexibility index (Phi) is 5.63. The highest BCUT2D eigenvalue weighted by atomic mass is 16.5. The molecule has 1 amide bonds. The molecule has 0 spiro atoms. The molecular formula is C21H16N4O3. The number of rotatable bonds is 5. The molecule has 3 rings (SSSR count). The van der Waals surface area contributed by atoms with Crippen LogP contribution >= 0.6 is 0 Å². The molecule has 3 aromatic rings.